The highest BCUT2D eigenvalue weighted by Gasteiger charge is 2.12. The lowest BCUT2D eigenvalue weighted by Gasteiger charge is -2.00. The second-order valence-electron chi connectivity index (χ2n) is 2.93. The van der Waals surface area contributed by atoms with Crippen LogP contribution in [0.1, 0.15) is 0 Å². The van der Waals surface area contributed by atoms with E-state index in [0.717, 1.165) is 0 Å². The number of nitrogen functional groups attached to an aromatic ring is 2. The number of hydrogen-bond acceptors (Lipinski definition) is 5. The van der Waals surface area contributed by atoms with Crippen LogP contribution in [0.25, 0.3) is 10.9 Å². The number of rotatable bonds is 0. The second-order valence-corrected chi connectivity index (χ2v) is 2.93. The second kappa shape index (κ2) is 2.34. The maximum Gasteiger partial charge on any atom is 0.193 e. The number of nitrogens with two attached hydrogens (primary N) is 2. The zero-order valence-corrected chi connectivity index (χ0v) is 7.10. The Hall–Kier alpha value is -2.31. The van der Waals surface area contributed by atoms with E-state index in [4.69, 9.17) is 16.9 Å². The van der Waals surface area contributed by atoms with Gasteiger partial charge in [0.25, 0.3) is 0 Å². The number of nitrogens with one attached hydrogen (secondary N) is 1. The van der Waals surface area contributed by atoms with E-state index in [2.05, 4.69) is 0 Å². The average molecular weight is 195 g/mol. The third-order valence-corrected chi connectivity index (χ3v) is 2.00. The summed E-state index contributed by atoms with van der Waals surface area (Å²) in [5.41, 5.74) is 11.5. The smallest absolute Gasteiger partial charge is 0.193 e. The SMILES string of the molecule is N=c1c2cc(N)cc(N)c2n(O)n1O. The zero-order valence-electron chi connectivity index (χ0n) is 7.10. The quantitative estimate of drug-likeness (QED) is 0.288. The van der Waals surface area contributed by atoms with Gasteiger partial charge in [-0.2, -0.15) is 0 Å². The summed E-state index contributed by atoms with van der Waals surface area (Å²) in [5, 5.41) is 26.2. The molecule has 74 valence electrons. The van der Waals surface area contributed by atoms with Gasteiger partial charge in [0.15, 0.2) is 5.49 Å². The molecule has 0 spiro atoms. The van der Waals surface area contributed by atoms with Gasteiger partial charge in [0.05, 0.1) is 11.1 Å². The van der Waals surface area contributed by atoms with E-state index in [-0.39, 0.29) is 26.9 Å². The monoisotopic (exact) mass is 195 g/mol. The van der Waals surface area contributed by atoms with E-state index in [1.165, 1.54) is 12.1 Å². The third-order valence-electron chi connectivity index (χ3n) is 2.00. The molecular formula is C7H9N5O2. The van der Waals surface area contributed by atoms with Gasteiger partial charge in [0.1, 0.15) is 5.52 Å². The van der Waals surface area contributed by atoms with Crippen LogP contribution in [0.3, 0.4) is 0 Å². The summed E-state index contributed by atoms with van der Waals surface area (Å²) in [7, 11) is 0. The molecule has 1 aromatic carbocycles. The van der Waals surface area contributed by atoms with Crippen molar-refractivity contribution in [2.75, 3.05) is 11.5 Å². The van der Waals surface area contributed by atoms with Gasteiger partial charge in [0.2, 0.25) is 0 Å². The molecule has 14 heavy (non-hydrogen) atoms. The highest BCUT2D eigenvalue weighted by molar-refractivity contribution is 5.92. The van der Waals surface area contributed by atoms with Crippen molar-refractivity contribution in [2.24, 2.45) is 0 Å². The molecule has 0 amide bonds. The summed E-state index contributed by atoms with van der Waals surface area (Å²) in [6, 6.07) is 2.89. The lowest BCUT2D eigenvalue weighted by Crippen LogP contribution is -2.18. The van der Waals surface area contributed by atoms with E-state index in [9.17, 15) is 10.4 Å². The lowest BCUT2D eigenvalue weighted by atomic mass is 10.2. The van der Waals surface area contributed by atoms with Gasteiger partial charge in [-0.3, -0.25) is 5.41 Å². The van der Waals surface area contributed by atoms with Crippen molar-refractivity contribution in [1.29, 1.82) is 5.41 Å². The fraction of sp³-hybridized carbons (Fsp3) is 0. The number of hydrogen-bond donors (Lipinski definition) is 5. The van der Waals surface area contributed by atoms with Crippen LogP contribution in [0.2, 0.25) is 0 Å². The highest BCUT2D eigenvalue weighted by atomic mass is 16.6. The summed E-state index contributed by atoms with van der Waals surface area (Å²) in [6.07, 6.45) is 0. The van der Waals surface area contributed by atoms with E-state index < -0.39 is 0 Å². The van der Waals surface area contributed by atoms with Crippen LogP contribution >= 0.6 is 0 Å². The van der Waals surface area contributed by atoms with Gasteiger partial charge in [-0.1, -0.05) is 9.69 Å². The first-order chi connectivity index (χ1) is 6.52. The molecule has 0 unspecified atom stereocenters. The maximum absolute atomic E-state index is 9.34. The van der Waals surface area contributed by atoms with Gasteiger partial charge in [0, 0.05) is 5.69 Å². The Morgan fingerprint density at radius 1 is 1.14 bits per heavy atom. The number of aromatic nitrogens is 2. The fourth-order valence-electron chi connectivity index (χ4n) is 1.38. The standard InChI is InChI=1S/C7H9N5O2/c8-3-1-4-6(5(9)2-3)11(13)12(14)7(4)10/h1-2,10,13-14H,8-9H2. The van der Waals surface area contributed by atoms with Gasteiger partial charge in [-0.15, -0.1) is 0 Å². The molecule has 1 aromatic heterocycles. The molecule has 0 bridgehead atoms. The van der Waals surface area contributed by atoms with Gasteiger partial charge in [-0.05, 0) is 12.1 Å². The van der Waals surface area contributed by atoms with Gasteiger partial charge >= 0.3 is 0 Å². The van der Waals surface area contributed by atoms with Crippen LogP contribution in [0, 0.1) is 5.41 Å². The summed E-state index contributed by atoms with van der Waals surface area (Å²) in [4.78, 5) is 0.674. The molecular weight excluding hydrogens is 186 g/mol. The largest absolute Gasteiger partial charge is 0.410 e. The molecule has 7 N–H and O–H groups in total. The molecule has 1 heterocycles. The van der Waals surface area contributed by atoms with Crippen LogP contribution in [-0.4, -0.2) is 20.1 Å². The highest BCUT2D eigenvalue weighted by Crippen LogP contribution is 2.21. The predicted molar refractivity (Wildman–Crippen MR) is 49.0 cm³/mol. The molecule has 0 saturated carbocycles. The van der Waals surface area contributed by atoms with Crippen LogP contribution < -0.4 is 17.0 Å². The van der Waals surface area contributed by atoms with E-state index in [1.807, 2.05) is 0 Å². The molecule has 0 saturated heterocycles. The first-order valence-corrected chi connectivity index (χ1v) is 3.78. The van der Waals surface area contributed by atoms with Crippen LogP contribution in [0.4, 0.5) is 11.4 Å². The van der Waals surface area contributed by atoms with E-state index >= 15 is 0 Å². The summed E-state index contributed by atoms with van der Waals surface area (Å²) >= 11 is 0. The molecule has 0 fully saturated rings. The third kappa shape index (κ3) is 0.830. The van der Waals surface area contributed by atoms with Crippen molar-refractivity contribution >= 4 is 22.3 Å². The Labute approximate surface area is 77.8 Å². The number of benzene rings is 1. The van der Waals surface area contributed by atoms with Crippen molar-refractivity contribution in [2.45, 2.75) is 0 Å². The van der Waals surface area contributed by atoms with Crippen molar-refractivity contribution in [1.82, 2.24) is 9.69 Å². The van der Waals surface area contributed by atoms with Crippen molar-refractivity contribution in [3.63, 3.8) is 0 Å². The predicted octanol–water partition coefficient (Wildman–Crippen LogP) is -0.439. The minimum atomic E-state index is -0.276. The fourth-order valence-corrected chi connectivity index (χ4v) is 1.38. The summed E-state index contributed by atoms with van der Waals surface area (Å²) in [6.45, 7) is 0. The Balaban J connectivity index is 3.10. The van der Waals surface area contributed by atoms with Crippen molar-refractivity contribution in [3.8, 4) is 0 Å². The molecule has 0 radical (unpaired) electrons. The first-order valence-electron chi connectivity index (χ1n) is 3.78. The average Bonchev–Trinajstić information content (AvgIpc) is 2.31. The zero-order chi connectivity index (χ0) is 10.5. The Bertz CT molecular complexity index is 567. The molecule has 7 heteroatoms. The topological polar surface area (TPSA) is 126 Å². The molecule has 2 rings (SSSR count). The van der Waals surface area contributed by atoms with E-state index in [0.29, 0.717) is 10.5 Å². The normalized spacial score (nSPS) is 10.9. The number of nitrogens with zero attached hydrogens (tertiary/aromatic N) is 2. The molecule has 7 nitrogen and oxygen atoms in total. The Kier molecular flexibility index (Phi) is 1.39. The van der Waals surface area contributed by atoms with Crippen LogP contribution in [0.15, 0.2) is 12.1 Å². The van der Waals surface area contributed by atoms with Crippen molar-refractivity contribution in [3.05, 3.63) is 17.6 Å². The Morgan fingerprint density at radius 3 is 2.43 bits per heavy atom. The molecule has 2 aromatic rings. The minimum Gasteiger partial charge on any atom is -0.410 e. The van der Waals surface area contributed by atoms with E-state index in [1.54, 1.807) is 0 Å². The first kappa shape index (κ1) is 8.30. The molecule has 0 aliphatic heterocycles. The van der Waals surface area contributed by atoms with Gasteiger partial charge < -0.3 is 21.9 Å². The maximum atomic E-state index is 9.34. The molecule has 0 aliphatic rings. The number of anilines is 2. The summed E-state index contributed by atoms with van der Waals surface area (Å²) < 4.78 is 0. The minimum absolute atomic E-state index is 0.159. The molecule has 0 atom stereocenters. The van der Waals surface area contributed by atoms with Crippen molar-refractivity contribution < 1.29 is 10.4 Å². The van der Waals surface area contributed by atoms with Crippen LogP contribution in [-0.2, 0) is 0 Å². The number of fused-ring (bicyclic) bond motifs is 1. The lowest BCUT2D eigenvalue weighted by molar-refractivity contribution is -0.0102. The Morgan fingerprint density at radius 2 is 1.79 bits per heavy atom. The molecule has 0 aliphatic carbocycles. The van der Waals surface area contributed by atoms with Gasteiger partial charge in [-0.25, -0.2) is 0 Å². The van der Waals surface area contributed by atoms with Crippen LogP contribution in [0.5, 0.6) is 0 Å². The summed E-state index contributed by atoms with van der Waals surface area (Å²) in [5.74, 6) is 0.